The maximum Gasteiger partial charge on any atom is 0.258 e. The second-order valence-electron chi connectivity index (χ2n) is 8.44. The Bertz CT molecular complexity index is 1300. The molecule has 0 unspecified atom stereocenters. The molecule has 0 radical (unpaired) electrons. The summed E-state index contributed by atoms with van der Waals surface area (Å²) in [6, 6.07) is 15.5. The van der Waals surface area contributed by atoms with Crippen LogP contribution in [0.2, 0.25) is 0 Å². The first-order chi connectivity index (χ1) is 16.9. The maximum absolute atomic E-state index is 12.0. The molecule has 0 aliphatic carbocycles. The fourth-order valence-corrected chi connectivity index (χ4v) is 3.74. The first-order valence-electron chi connectivity index (χ1n) is 11.8. The summed E-state index contributed by atoms with van der Waals surface area (Å²) in [5.41, 5.74) is 2.68. The number of ether oxygens (including phenoxy) is 1. The fourth-order valence-electron chi connectivity index (χ4n) is 3.74. The number of rotatable bonds is 10. The van der Waals surface area contributed by atoms with Gasteiger partial charge in [0.25, 0.3) is 5.91 Å². The zero-order valence-corrected chi connectivity index (χ0v) is 20.5. The summed E-state index contributed by atoms with van der Waals surface area (Å²) >= 11 is 0. The van der Waals surface area contributed by atoms with Crippen LogP contribution in [0.15, 0.2) is 54.7 Å². The van der Waals surface area contributed by atoms with Gasteiger partial charge in [0.2, 0.25) is 0 Å². The Morgan fingerprint density at radius 3 is 2.69 bits per heavy atom. The molecule has 2 heterocycles. The summed E-state index contributed by atoms with van der Waals surface area (Å²) in [4.78, 5) is 23.8. The van der Waals surface area contributed by atoms with Gasteiger partial charge in [0.15, 0.2) is 12.4 Å². The van der Waals surface area contributed by atoms with Gasteiger partial charge in [-0.1, -0.05) is 12.1 Å². The number of H-pyrrole nitrogens is 1. The number of carbonyl (C=O) groups is 1. The standard InChI is InChI=1S/C26H31N7O2/c1-5-33(6-2)24-14-23(29-20-10-11-22-19(12-20)15-27-32-22)30-26(31-24)18-8-7-9-21(13-18)35-16-25(34)28-17(3)4/h7-15,17H,5-6,16H2,1-4H3,(H,27,32)(H,28,34)(H,29,30,31). The Balaban J connectivity index is 1.63. The van der Waals surface area contributed by atoms with Gasteiger partial charge in [0.05, 0.1) is 11.7 Å². The second-order valence-corrected chi connectivity index (χ2v) is 8.44. The summed E-state index contributed by atoms with van der Waals surface area (Å²) in [5.74, 6) is 2.50. The number of anilines is 3. The highest BCUT2D eigenvalue weighted by Gasteiger charge is 2.13. The highest BCUT2D eigenvalue weighted by molar-refractivity contribution is 5.83. The summed E-state index contributed by atoms with van der Waals surface area (Å²) in [7, 11) is 0. The van der Waals surface area contributed by atoms with E-state index in [1.165, 1.54) is 0 Å². The number of amides is 1. The van der Waals surface area contributed by atoms with E-state index in [1.807, 2.05) is 62.4 Å². The van der Waals surface area contributed by atoms with E-state index in [1.54, 1.807) is 6.20 Å². The van der Waals surface area contributed by atoms with Crippen LogP contribution in [0.4, 0.5) is 17.3 Å². The molecule has 35 heavy (non-hydrogen) atoms. The second kappa shape index (κ2) is 10.9. The van der Waals surface area contributed by atoms with E-state index < -0.39 is 0 Å². The van der Waals surface area contributed by atoms with Crippen LogP contribution in [0.1, 0.15) is 27.7 Å². The third-order valence-electron chi connectivity index (χ3n) is 5.42. The molecule has 0 atom stereocenters. The van der Waals surface area contributed by atoms with Gasteiger partial charge in [0.1, 0.15) is 17.4 Å². The highest BCUT2D eigenvalue weighted by atomic mass is 16.5. The van der Waals surface area contributed by atoms with E-state index in [4.69, 9.17) is 14.7 Å². The van der Waals surface area contributed by atoms with E-state index in [0.29, 0.717) is 17.4 Å². The van der Waals surface area contributed by atoms with Gasteiger partial charge in [0, 0.05) is 41.8 Å². The molecule has 0 saturated carbocycles. The lowest BCUT2D eigenvalue weighted by Crippen LogP contribution is -2.34. The van der Waals surface area contributed by atoms with E-state index in [-0.39, 0.29) is 18.6 Å². The number of hydrogen-bond acceptors (Lipinski definition) is 7. The third kappa shape index (κ3) is 6.06. The average molecular weight is 474 g/mol. The van der Waals surface area contributed by atoms with Crippen LogP contribution >= 0.6 is 0 Å². The van der Waals surface area contributed by atoms with E-state index in [0.717, 1.165) is 41.1 Å². The summed E-state index contributed by atoms with van der Waals surface area (Å²) < 4.78 is 5.71. The molecule has 9 nitrogen and oxygen atoms in total. The zero-order chi connectivity index (χ0) is 24.8. The molecule has 1 amide bonds. The minimum atomic E-state index is -0.161. The Hall–Kier alpha value is -4.14. The Labute approximate surface area is 204 Å². The Morgan fingerprint density at radius 2 is 1.91 bits per heavy atom. The van der Waals surface area contributed by atoms with Gasteiger partial charge in [-0.15, -0.1) is 0 Å². The minimum Gasteiger partial charge on any atom is -0.484 e. The molecule has 2 aromatic heterocycles. The summed E-state index contributed by atoms with van der Waals surface area (Å²) in [5, 5.41) is 14.3. The molecule has 182 valence electrons. The first-order valence-corrected chi connectivity index (χ1v) is 11.8. The van der Waals surface area contributed by atoms with Gasteiger partial charge in [-0.2, -0.15) is 5.10 Å². The van der Waals surface area contributed by atoms with Gasteiger partial charge in [-0.25, -0.2) is 9.97 Å². The Kier molecular flexibility index (Phi) is 7.45. The predicted molar refractivity (Wildman–Crippen MR) is 139 cm³/mol. The lowest BCUT2D eigenvalue weighted by Gasteiger charge is -2.21. The van der Waals surface area contributed by atoms with Gasteiger partial charge < -0.3 is 20.3 Å². The summed E-state index contributed by atoms with van der Waals surface area (Å²) in [6.07, 6.45) is 1.79. The molecule has 4 aromatic rings. The number of nitrogens with zero attached hydrogens (tertiary/aromatic N) is 4. The topological polar surface area (TPSA) is 108 Å². The Morgan fingerprint density at radius 1 is 1.09 bits per heavy atom. The van der Waals surface area contributed by atoms with Gasteiger partial charge >= 0.3 is 0 Å². The molecule has 2 aromatic carbocycles. The van der Waals surface area contributed by atoms with E-state index in [2.05, 4.69) is 39.6 Å². The molecular weight excluding hydrogens is 442 g/mol. The van der Waals surface area contributed by atoms with Crippen LogP contribution in [0.5, 0.6) is 5.75 Å². The quantitative estimate of drug-likeness (QED) is 0.311. The third-order valence-corrected chi connectivity index (χ3v) is 5.42. The van der Waals surface area contributed by atoms with Crippen LogP contribution in [-0.2, 0) is 4.79 Å². The molecular formula is C26H31N7O2. The molecule has 0 spiro atoms. The van der Waals surface area contributed by atoms with E-state index in [9.17, 15) is 4.79 Å². The maximum atomic E-state index is 12.0. The van der Waals surface area contributed by atoms with Crippen LogP contribution in [0, 0.1) is 0 Å². The highest BCUT2D eigenvalue weighted by Crippen LogP contribution is 2.27. The van der Waals surface area contributed by atoms with Crippen molar-refractivity contribution < 1.29 is 9.53 Å². The first kappa shape index (κ1) is 24.0. The molecule has 3 N–H and O–H groups in total. The minimum absolute atomic E-state index is 0.0503. The molecule has 0 aliphatic rings. The SMILES string of the molecule is CCN(CC)c1cc(Nc2ccc3[nH]ncc3c2)nc(-c2cccc(OCC(=O)NC(C)C)c2)n1. The number of benzene rings is 2. The van der Waals surface area contributed by atoms with Crippen LogP contribution in [0.3, 0.4) is 0 Å². The largest absolute Gasteiger partial charge is 0.484 e. The lowest BCUT2D eigenvalue weighted by atomic mass is 10.2. The van der Waals surface area contributed by atoms with Crippen LogP contribution in [0.25, 0.3) is 22.3 Å². The van der Waals surface area contributed by atoms with Crippen LogP contribution in [-0.4, -0.2) is 51.8 Å². The molecule has 0 aliphatic heterocycles. The van der Waals surface area contributed by atoms with Crippen molar-refractivity contribution in [2.24, 2.45) is 0 Å². The fraction of sp³-hybridized carbons (Fsp3) is 0.308. The number of carbonyl (C=O) groups excluding carboxylic acids is 1. The van der Waals surface area contributed by atoms with Crippen molar-refractivity contribution in [3.8, 4) is 17.1 Å². The molecule has 4 rings (SSSR count). The molecule has 0 fully saturated rings. The van der Waals surface area contributed by atoms with Gasteiger partial charge in [-0.05, 0) is 58.0 Å². The summed E-state index contributed by atoms with van der Waals surface area (Å²) in [6.45, 7) is 9.62. The van der Waals surface area contributed by atoms with Crippen molar-refractivity contribution in [1.29, 1.82) is 0 Å². The van der Waals surface area contributed by atoms with Crippen molar-refractivity contribution in [3.63, 3.8) is 0 Å². The van der Waals surface area contributed by atoms with Crippen molar-refractivity contribution in [2.75, 3.05) is 29.9 Å². The molecule has 9 heteroatoms. The van der Waals surface area contributed by atoms with Crippen molar-refractivity contribution >= 4 is 34.1 Å². The smallest absolute Gasteiger partial charge is 0.258 e. The van der Waals surface area contributed by atoms with Crippen molar-refractivity contribution in [3.05, 3.63) is 54.7 Å². The monoisotopic (exact) mass is 473 g/mol. The number of hydrogen-bond donors (Lipinski definition) is 3. The van der Waals surface area contributed by atoms with Crippen molar-refractivity contribution in [1.82, 2.24) is 25.5 Å². The van der Waals surface area contributed by atoms with Crippen LogP contribution < -0.4 is 20.3 Å². The molecule has 0 saturated heterocycles. The van der Waals surface area contributed by atoms with Crippen molar-refractivity contribution in [2.45, 2.75) is 33.7 Å². The van der Waals surface area contributed by atoms with Gasteiger partial charge in [-0.3, -0.25) is 9.89 Å². The number of aromatic amines is 1. The number of fused-ring (bicyclic) bond motifs is 1. The predicted octanol–water partition coefficient (Wildman–Crippen LogP) is 4.51. The van der Waals surface area contributed by atoms with E-state index >= 15 is 0 Å². The number of nitrogens with one attached hydrogen (secondary N) is 3. The lowest BCUT2D eigenvalue weighted by molar-refractivity contribution is -0.123. The zero-order valence-electron chi connectivity index (χ0n) is 20.5. The normalized spacial score (nSPS) is 11.0. The number of aromatic nitrogens is 4. The average Bonchev–Trinajstić information content (AvgIpc) is 3.31. The molecule has 0 bridgehead atoms.